The number of nitrogens with one attached hydrogen (secondary N) is 1. The topological polar surface area (TPSA) is 54.9 Å². The first-order valence-electron chi connectivity index (χ1n) is 8.21. The van der Waals surface area contributed by atoms with E-state index < -0.39 is 17.5 Å². The number of anilines is 1. The molecular formula is C20H17F2N3OS. The fourth-order valence-electron chi connectivity index (χ4n) is 2.37. The lowest BCUT2D eigenvalue weighted by Gasteiger charge is -2.07. The highest BCUT2D eigenvalue weighted by Gasteiger charge is 2.10. The molecule has 0 bridgehead atoms. The summed E-state index contributed by atoms with van der Waals surface area (Å²) in [6.07, 6.45) is 0. The number of aromatic nitrogens is 2. The molecule has 0 fully saturated rings. The van der Waals surface area contributed by atoms with Crippen LogP contribution in [0.5, 0.6) is 0 Å². The number of carbonyl (C=O) groups excluding carboxylic acids is 1. The molecule has 0 saturated carbocycles. The van der Waals surface area contributed by atoms with Crippen molar-refractivity contribution in [1.29, 1.82) is 0 Å². The highest BCUT2D eigenvalue weighted by Crippen LogP contribution is 2.22. The van der Waals surface area contributed by atoms with Crippen LogP contribution in [0.25, 0.3) is 11.3 Å². The molecule has 3 rings (SSSR count). The molecule has 0 aliphatic carbocycles. The van der Waals surface area contributed by atoms with Gasteiger partial charge in [0, 0.05) is 11.6 Å². The quantitative estimate of drug-likeness (QED) is 0.643. The SMILES string of the molecule is Cc1ccc(-c2ccc(SCC(=O)Nc3ccc(F)cc3F)nn2)cc1C. The minimum atomic E-state index is -0.814. The summed E-state index contributed by atoms with van der Waals surface area (Å²) in [7, 11) is 0. The lowest BCUT2D eigenvalue weighted by atomic mass is 10.0. The van der Waals surface area contributed by atoms with Gasteiger partial charge in [0.15, 0.2) is 0 Å². The predicted octanol–water partition coefficient (Wildman–Crippen LogP) is 4.77. The molecule has 0 aliphatic heterocycles. The van der Waals surface area contributed by atoms with Crippen LogP contribution in [0.3, 0.4) is 0 Å². The van der Waals surface area contributed by atoms with Gasteiger partial charge in [-0.1, -0.05) is 23.9 Å². The maximum Gasteiger partial charge on any atom is 0.234 e. The molecule has 7 heteroatoms. The maximum absolute atomic E-state index is 13.5. The van der Waals surface area contributed by atoms with E-state index >= 15 is 0 Å². The number of hydrogen-bond donors (Lipinski definition) is 1. The highest BCUT2D eigenvalue weighted by atomic mass is 32.2. The van der Waals surface area contributed by atoms with Crippen molar-refractivity contribution < 1.29 is 13.6 Å². The molecule has 27 heavy (non-hydrogen) atoms. The molecule has 0 spiro atoms. The van der Waals surface area contributed by atoms with Crippen molar-refractivity contribution in [3.63, 3.8) is 0 Å². The molecule has 0 saturated heterocycles. The third-order valence-corrected chi connectivity index (χ3v) is 4.92. The van der Waals surface area contributed by atoms with Crippen LogP contribution in [0.4, 0.5) is 14.5 Å². The van der Waals surface area contributed by atoms with Gasteiger partial charge in [-0.05, 0) is 55.3 Å². The summed E-state index contributed by atoms with van der Waals surface area (Å²) >= 11 is 1.18. The molecule has 3 aromatic rings. The Labute approximate surface area is 160 Å². The summed E-state index contributed by atoms with van der Waals surface area (Å²) in [6.45, 7) is 4.09. The van der Waals surface area contributed by atoms with Gasteiger partial charge in [-0.15, -0.1) is 10.2 Å². The number of hydrogen-bond acceptors (Lipinski definition) is 4. The normalized spacial score (nSPS) is 10.7. The third-order valence-electron chi connectivity index (χ3n) is 4.00. The second-order valence-electron chi connectivity index (χ2n) is 6.02. The lowest BCUT2D eigenvalue weighted by Crippen LogP contribution is -2.15. The van der Waals surface area contributed by atoms with E-state index in [0.29, 0.717) is 5.03 Å². The minimum Gasteiger partial charge on any atom is -0.323 e. The second-order valence-corrected chi connectivity index (χ2v) is 7.01. The minimum absolute atomic E-state index is 0.0362. The molecule has 0 atom stereocenters. The molecule has 1 aromatic heterocycles. The Morgan fingerprint density at radius 3 is 2.48 bits per heavy atom. The molecule has 2 aromatic carbocycles. The average Bonchev–Trinajstić information content (AvgIpc) is 2.65. The molecular weight excluding hydrogens is 368 g/mol. The molecule has 0 unspecified atom stereocenters. The molecule has 4 nitrogen and oxygen atoms in total. The average molecular weight is 385 g/mol. The first-order chi connectivity index (χ1) is 12.9. The Bertz CT molecular complexity index is 977. The van der Waals surface area contributed by atoms with E-state index in [1.165, 1.54) is 29.0 Å². The molecule has 138 valence electrons. The van der Waals surface area contributed by atoms with Gasteiger partial charge in [0.2, 0.25) is 5.91 Å². The van der Waals surface area contributed by atoms with Crippen molar-refractivity contribution in [2.45, 2.75) is 18.9 Å². The number of halogens is 2. The number of carbonyl (C=O) groups is 1. The number of thioether (sulfide) groups is 1. The predicted molar refractivity (Wildman–Crippen MR) is 103 cm³/mol. The van der Waals surface area contributed by atoms with Crippen LogP contribution in [0.1, 0.15) is 11.1 Å². The standard InChI is InChI=1S/C20H17F2N3OS/c1-12-3-4-14(9-13(12)2)17-7-8-20(25-24-17)27-11-19(26)23-18-6-5-15(21)10-16(18)22/h3-10H,11H2,1-2H3,(H,23,26). The number of aryl methyl sites for hydroxylation is 2. The Balaban J connectivity index is 1.59. The van der Waals surface area contributed by atoms with Gasteiger partial charge in [0.1, 0.15) is 16.7 Å². The van der Waals surface area contributed by atoms with Crippen LogP contribution in [-0.4, -0.2) is 21.9 Å². The lowest BCUT2D eigenvalue weighted by molar-refractivity contribution is -0.113. The van der Waals surface area contributed by atoms with Crippen molar-refractivity contribution in [3.05, 3.63) is 71.3 Å². The zero-order valence-corrected chi connectivity index (χ0v) is 15.6. The highest BCUT2D eigenvalue weighted by molar-refractivity contribution is 7.99. The monoisotopic (exact) mass is 385 g/mol. The van der Waals surface area contributed by atoms with Gasteiger partial charge in [0.25, 0.3) is 0 Å². The Morgan fingerprint density at radius 1 is 1.00 bits per heavy atom. The van der Waals surface area contributed by atoms with Crippen molar-refractivity contribution >= 4 is 23.4 Å². The van der Waals surface area contributed by atoms with Crippen LogP contribution < -0.4 is 5.32 Å². The Morgan fingerprint density at radius 2 is 1.81 bits per heavy atom. The fraction of sp³-hybridized carbons (Fsp3) is 0.150. The smallest absolute Gasteiger partial charge is 0.234 e. The van der Waals surface area contributed by atoms with E-state index in [9.17, 15) is 13.6 Å². The number of benzene rings is 2. The fourth-order valence-corrected chi connectivity index (χ4v) is 2.98. The Kier molecular flexibility index (Phi) is 5.81. The van der Waals surface area contributed by atoms with E-state index in [1.54, 1.807) is 6.07 Å². The summed E-state index contributed by atoms with van der Waals surface area (Å²) in [5, 5.41) is 11.3. The molecule has 0 radical (unpaired) electrons. The van der Waals surface area contributed by atoms with E-state index in [4.69, 9.17) is 0 Å². The van der Waals surface area contributed by atoms with Crippen LogP contribution >= 0.6 is 11.8 Å². The number of nitrogens with zero attached hydrogens (tertiary/aromatic N) is 2. The van der Waals surface area contributed by atoms with Gasteiger partial charge in [-0.3, -0.25) is 4.79 Å². The molecule has 1 N–H and O–H groups in total. The summed E-state index contributed by atoms with van der Waals surface area (Å²) in [5.41, 5.74) is 4.06. The first-order valence-corrected chi connectivity index (χ1v) is 9.20. The second kappa shape index (κ2) is 8.26. The summed E-state index contributed by atoms with van der Waals surface area (Å²) in [4.78, 5) is 11.9. The van der Waals surface area contributed by atoms with E-state index in [-0.39, 0.29) is 11.4 Å². The van der Waals surface area contributed by atoms with Gasteiger partial charge in [-0.25, -0.2) is 8.78 Å². The van der Waals surface area contributed by atoms with Crippen molar-refractivity contribution in [2.24, 2.45) is 0 Å². The maximum atomic E-state index is 13.5. The van der Waals surface area contributed by atoms with Gasteiger partial charge in [0.05, 0.1) is 17.1 Å². The van der Waals surface area contributed by atoms with Crippen LogP contribution in [0.15, 0.2) is 53.6 Å². The van der Waals surface area contributed by atoms with Gasteiger partial charge >= 0.3 is 0 Å². The number of amides is 1. The van der Waals surface area contributed by atoms with Crippen LogP contribution in [0.2, 0.25) is 0 Å². The molecule has 1 amide bonds. The zero-order chi connectivity index (χ0) is 19.4. The van der Waals surface area contributed by atoms with Crippen LogP contribution in [-0.2, 0) is 4.79 Å². The van der Waals surface area contributed by atoms with Crippen molar-refractivity contribution in [2.75, 3.05) is 11.1 Å². The van der Waals surface area contributed by atoms with E-state index in [0.717, 1.165) is 23.4 Å². The van der Waals surface area contributed by atoms with E-state index in [1.807, 2.05) is 32.0 Å². The molecule has 0 aliphatic rings. The zero-order valence-electron chi connectivity index (χ0n) is 14.8. The largest absolute Gasteiger partial charge is 0.323 e. The summed E-state index contributed by atoms with van der Waals surface area (Å²) in [6, 6.07) is 12.7. The van der Waals surface area contributed by atoms with E-state index in [2.05, 4.69) is 21.6 Å². The first kappa shape index (κ1) is 19.0. The summed E-state index contributed by atoms with van der Waals surface area (Å²) in [5.74, 6) is -1.88. The Hall–Kier alpha value is -2.80. The molecule has 1 heterocycles. The number of rotatable bonds is 5. The van der Waals surface area contributed by atoms with Crippen molar-refractivity contribution in [3.8, 4) is 11.3 Å². The van der Waals surface area contributed by atoms with Crippen LogP contribution in [0, 0.1) is 25.5 Å². The summed E-state index contributed by atoms with van der Waals surface area (Å²) < 4.78 is 26.4. The van der Waals surface area contributed by atoms with Gasteiger partial charge in [-0.2, -0.15) is 0 Å². The van der Waals surface area contributed by atoms with Crippen molar-refractivity contribution in [1.82, 2.24) is 10.2 Å². The van der Waals surface area contributed by atoms with Gasteiger partial charge < -0.3 is 5.32 Å². The third kappa shape index (κ3) is 4.89.